The number of fused-ring (bicyclic) bond motifs is 1. The highest BCUT2D eigenvalue weighted by atomic mass is 32.2. The Morgan fingerprint density at radius 3 is 2.25 bits per heavy atom. The largest absolute Gasteiger partial charge is 0.490 e. The molecule has 8 heteroatoms. The van der Waals surface area contributed by atoms with E-state index in [1.165, 1.54) is 24.3 Å². The molecule has 0 atom stereocenters. The van der Waals surface area contributed by atoms with Crippen LogP contribution in [0.3, 0.4) is 0 Å². The summed E-state index contributed by atoms with van der Waals surface area (Å²) in [4.78, 5) is 12.6. The summed E-state index contributed by atoms with van der Waals surface area (Å²) in [6.07, 6.45) is 0.801. The van der Waals surface area contributed by atoms with E-state index in [0.717, 1.165) is 6.42 Å². The Kier molecular flexibility index (Phi) is 5.62. The molecule has 0 saturated heterocycles. The fraction of sp³-hybridized carbons (Fsp3) is 0.350. The summed E-state index contributed by atoms with van der Waals surface area (Å²) < 4.78 is 38.5. The third kappa shape index (κ3) is 5.02. The van der Waals surface area contributed by atoms with Gasteiger partial charge in [-0.15, -0.1) is 0 Å². The number of carbonyl (C=O) groups excluding carboxylic acids is 1. The molecule has 1 aliphatic heterocycles. The zero-order valence-corrected chi connectivity index (χ0v) is 16.9. The standard InChI is InChI=1S/C20H24N2O5S/c1-20(2,3)22-28(24,25)16-8-5-14(6-9-16)19(23)21-15-7-10-17-18(13-15)27-12-4-11-26-17/h5-10,13,22H,4,11-12H2,1-3H3,(H,21,23). The molecule has 2 aromatic carbocycles. The van der Waals surface area contributed by atoms with E-state index < -0.39 is 15.6 Å². The van der Waals surface area contributed by atoms with Gasteiger partial charge in [-0.05, 0) is 57.2 Å². The molecule has 150 valence electrons. The maximum Gasteiger partial charge on any atom is 0.255 e. The van der Waals surface area contributed by atoms with E-state index in [1.54, 1.807) is 39.0 Å². The first kappa shape index (κ1) is 20.2. The van der Waals surface area contributed by atoms with Crippen molar-refractivity contribution >= 4 is 21.6 Å². The van der Waals surface area contributed by atoms with E-state index in [2.05, 4.69) is 10.0 Å². The number of benzene rings is 2. The number of carbonyl (C=O) groups is 1. The minimum absolute atomic E-state index is 0.106. The molecule has 2 aromatic rings. The summed E-state index contributed by atoms with van der Waals surface area (Å²) in [5.41, 5.74) is 0.327. The van der Waals surface area contributed by atoms with E-state index in [9.17, 15) is 13.2 Å². The second-order valence-corrected chi connectivity index (χ2v) is 9.23. The summed E-state index contributed by atoms with van der Waals surface area (Å²) in [5.74, 6) is 0.892. The molecular weight excluding hydrogens is 380 g/mol. The van der Waals surface area contributed by atoms with Crippen LogP contribution in [0.1, 0.15) is 37.6 Å². The van der Waals surface area contributed by atoms with Gasteiger partial charge in [0.15, 0.2) is 11.5 Å². The molecule has 2 N–H and O–H groups in total. The van der Waals surface area contributed by atoms with Crippen LogP contribution in [0, 0.1) is 0 Å². The zero-order valence-electron chi connectivity index (χ0n) is 16.1. The average Bonchev–Trinajstić information content (AvgIpc) is 2.85. The summed E-state index contributed by atoms with van der Waals surface area (Å²) in [6, 6.07) is 11.0. The van der Waals surface area contributed by atoms with Crippen molar-refractivity contribution in [3.8, 4) is 11.5 Å². The van der Waals surface area contributed by atoms with Crippen molar-refractivity contribution in [2.75, 3.05) is 18.5 Å². The van der Waals surface area contributed by atoms with Crippen LogP contribution in [0.15, 0.2) is 47.4 Å². The summed E-state index contributed by atoms with van der Waals surface area (Å²) in [6.45, 7) is 6.45. The van der Waals surface area contributed by atoms with Crippen molar-refractivity contribution in [2.45, 2.75) is 37.6 Å². The smallest absolute Gasteiger partial charge is 0.255 e. The number of hydrogen-bond acceptors (Lipinski definition) is 5. The fourth-order valence-electron chi connectivity index (χ4n) is 2.69. The molecule has 0 radical (unpaired) electrons. The Labute approximate surface area is 165 Å². The number of sulfonamides is 1. The number of anilines is 1. The van der Waals surface area contributed by atoms with E-state index in [0.29, 0.717) is 36.0 Å². The third-order valence-electron chi connectivity index (χ3n) is 3.87. The Hall–Kier alpha value is -2.58. The highest BCUT2D eigenvalue weighted by Gasteiger charge is 2.22. The minimum atomic E-state index is -3.65. The van der Waals surface area contributed by atoms with Crippen LogP contribution in [0.4, 0.5) is 5.69 Å². The van der Waals surface area contributed by atoms with Gasteiger partial charge < -0.3 is 14.8 Å². The molecule has 0 aliphatic carbocycles. The highest BCUT2D eigenvalue weighted by Crippen LogP contribution is 2.32. The number of rotatable bonds is 4. The fourth-order valence-corrected chi connectivity index (χ4v) is 4.11. The van der Waals surface area contributed by atoms with Gasteiger partial charge in [-0.1, -0.05) is 0 Å². The first-order valence-electron chi connectivity index (χ1n) is 8.99. The van der Waals surface area contributed by atoms with Gasteiger partial charge in [0, 0.05) is 29.3 Å². The minimum Gasteiger partial charge on any atom is -0.490 e. The van der Waals surface area contributed by atoms with Crippen LogP contribution in [0.2, 0.25) is 0 Å². The number of nitrogens with one attached hydrogen (secondary N) is 2. The molecule has 0 aromatic heterocycles. The van der Waals surface area contributed by atoms with Crippen molar-refractivity contribution in [2.24, 2.45) is 0 Å². The lowest BCUT2D eigenvalue weighted by Gasteiger charge is -2.20. The lowest BCUT2D eigenvalue weighted by molar-refractivity contribution is 0.102. The van der Waals surface area contributed by atoms with Crippen LogP contribution in [0.25, 0.3) is 0 Å². The van der Waals surface area contributed by atoms with Crippen LogP contribution < -0.4 is 19.5 Å². The van der Waals surface area contributed by atoms with Gasteiger partial charge in [0.2, 0.25) is 10.0 Å². The molecular formula is C20H24N2O5S. The maximum absolute atomic E-state index is 12.5. The first-order valence-corrected chi connectivity index (χ1v) is 10.5. The quantitative estimate of drug-likeness (QED) is 0.816. The zero-order chi connectivity index (χ0) is 20.4. The van der Waals surface area contributed by atoms with Crippen LogP contribution in [0.5, 0.6) is 11.5 Å². The molecule has 0 fully saturated rings. The predicted octanol–water partition coefficient (Wildman–Crippen LogP) is 3.18. The van der Waals surface area contributed by atoms with Crippen LogP contribution >= 0.6 is 0 Å². The van der Waals surface area contributed by atoms with Gasteiger partial charge in [-0.25, -0.2) is 13.1 Å². The second-order valence-electron chi connectivity index (χ2n) is 7.55. The van der Waals surface area contributed by atoms with Crippen LogP contribution in [-0.4, -0.2) is 33.1 Å². The average molecular weight is 404 g/mol. The second kappa shape index (κ2) is 7.81. The van der Waals surface area contributed by atoms with Gasteiger partial charge >= 0.3 is 0 Å². The lowest BCUT2D eigenvalue weighted by atomic mass is 10.1. The highest BCUT2D eigenvalue weighted by molar-refractivity contribution is 7.89. The predicted molar refractivity (Wildman–Crippen MR) is 107 cm³/mol. The molecule has 0 bridgehead atoms. The van der Waals surface area contributed by atoms with E-state index in [4.69, 9.17) is 9.47 Å². The number of hydrogen-bond donors (Lipinski definition) is 2. The van der Waals surface area contributed by atoms with Gasteiger partial charge in [-0.2, -0.15) is 0 Å². The van der Waals surface area contributed by atoms with Crippen molar-refractivity contribution in [3.63, 3.8) is 0 Å². The lowest BCUT2D eigenvalue weighted by Crippen LogP contribution is -2.40. The first-order chi connectivity index (χ1) is 13.1. The summed E-state index contributed by atoms with van der Waals surface area (Å²) in [7, 11) is -3.65. The normalized spacial score (nSPS) is 14.2. The Balaban J connectivity index is 1.72. The Morgan fingerprint density at radius 2 is 1.61 bits per heavy atom. The van der Waals surface area contributed by atoms with E-state index in [1.807, 2.05) is 0 Å². The van der Waals surface area contributed by atoms with Crippen molar-refractivity contribution in [1.82, 2.24) is 4.72 Å². The molecule has 0 unspecified atom stereocenters. The van der Waals surface area contributed by atoms with Crippen molar-refractivity contribution < 1.29 is 22.7 Å². The number of ether oxygens (including phenoxy) is 2. The van der Waals surface area contributed by atoms with Gasteiger partial charge in [0.25, 0.3) is 5.91 Å². The Bertz CT molecular complexity index is 963. The molecule has 1 aliphatic rings. The Morgan fingerprint density at radius 1 is 0.964 bits per heavy atom. The third-order valence-corrected chi connectivity index (χ3v) is 5.65. The van der Waals surface area contributed by atoms with Crippen molar-refractivity contribution in [1.29, 1.82) is 0 Å². The maximum atomic E-state index is 12.5. The van der Waals surface area contributed by atoms with E-state index >= 15 is 0 Å². The van der Waals surface area contributed by atoms with Gasteiger partial charge in [0.1, 0.15) is 0 Å². The van der Waals surface area contributed by atoms with E-state index in [-0.39, 0.29) is 10.8 Å². The molecule has 0 spiro atoms. The monoisotopic (exact) mass is 404 g/mol. The molecule has 1 amide bonds. The molecule has 3 rings (SSSR count). The molecule has 1 heterocycles. The van der Waals surface area contributed by atoms with Crippen molar-refractivity contribution in [3.05, 3.63) is 48.0 Å². The summed E-state index contributed by atoms with van der Waals surface area (Å²) in [5, 5.41) is 2.79. The van der Waals surface area contributed by atoms with Gasteiger partial charge in [-0.3, -0.25) is 4.79 Å². The molecule has 0 saturated carbocycles. The van der Waals surface area contributed by atoms with Gasteiger partial charge in [0.05, 0.1) is 18.1 Å². The van der Waals surface area contributed by atoms with Crippen LogP contribution in [-0.2, 0) is 10.0 Å². The SMILES string of the molecule is CC(C)(C)NS(=O)(=O)c1ccc(C(=O)Nc2ccc3c(c2)OCCCO3)cc1. The topological polar surface area (TPSA) is 93.7 Å². The summed E-state index contributed by atoms with van der Waals surface area (Å²) >= 11 is 0. The molecule has 28 heavy (non-hydrogen) atoms. The molecule has 7 nitrogen and oxygen atoms in total. The number of amides is 1.